The van der Waals surface area contributed by atoms with E-state index in [0.717, 1.165) is 34.7 Å². The number of hydrogen-bond acceptors (Lipinski definition) is 2. The second kappa shape index (κ2) is 12.9. The molecule has 3 nitrogen and oxygen atoms in total. The van der Waals surface area contributed by atoms with Crippen LogP contribution >= 0.6 is 0 Å². The molecule has 1 atom stereocenters. The average Bonchev–Trinajstić information content (AvgIpc) is 3.66. The van der Waals surface area contributed by atoms with Crippen molar-refractivity contribution in [3.63, 3.8) is 0 Å². The zero-order chi connectivity index (χ0) is 38.0. The molecule has 1 aromatic heterocycles. The van der Waals surface area contributed by atoms with Gasteiger partial charge in [0.25, 0.3) is 0 Å². The number of para-hydroxylation sites is 1. The van der Waals surface area contributed by atoms with Crippen LogP contribution in [0, 0.1) is 16.7 Å². The number of rotatable bonds is 6. The third-order valence-corrected chi connectivity index (χ3v) is 12.7. The first kappa shape index (κ1) is 33.7. The topological polar surface area (TPSA) is 32.0 Å². The molecule has 1 unspecified atom stereocenters. The molecule has 10 rings (SSSR count). The lowest BCUT2D eigenvalue weighted by atomic mass is 9.63. The lowest BCUT2D eigenvalue weighted by molar-refractivity contribution is 0.271. The van der Waals surface area contributed by atoms with Gasteiger partial charge in [0.1, 0.15) is 0 Å². The van der Waals surface area contributed by atoms with Gasteiger partial charge in [0.15, 0.2) is 0 Å². The second-order valence-electron chi connectivity index (χ2n) is 15.9. The van der Waals surface area contributed by atoms with E-state index in [1.165, 1.54) is 55.2 Å². The highest BCUT2D eigenvalue weighted by Crippen LogP contribution is 2.62. The molecule has 0 saturated heterocycles. The Morgan fingerprint density at radius 1 is 0.571 bits per heavy atom. The monoisotopic (exact) mass is 719 g/mol. The Kier molecular flexibility index (Phi) is 7.73. The Balaban J connectivity index is 1.08. The molecule has 0 radical (unpaired) electrons. The van der Waals surface area contributed by atoms with E-state index in [1.807, 2.05) is 12.1 Å². The number of aromatic nitrogens is 1. The second-order valence-corrected chi connectivity index (χ2v) is 15.9. The van der Waals surface area contributed by atoms with Crippen LogP contribution in [0.1, 0.15) is 43.9 Å². The maximum atomic E-state index is 9.60. The standard InChI is InChI=1S/C53H41N3/c1-52(2)48-28-27-44(34-47(48)49-16-10-11-31-53(49,52)3)55(42-23-17-36(35-54)18-24-42)43-25-19-38(20-26-43)40-22-30-51-46(33-40)45-32-39(37-12-6-4-7-13-37)21-29-50(45)56(51)41-14-8-5-9-15-41/h4-30,32-34H,31H2,1-3H3. The van der Waals surface area contributed by atoms with Crippen molar-refractivity contribution in [2.75, 3.05) is 4.90 Å². The molecule has 0 N–H and O–H groups in total. The van der Waals surface area contributed by atoms with Gasteiger partial charge in [0, 0.05) is 38.9 Å². The molecule has 0 spiro atoms. The Bertz CT molecular complexity index is 2900. The first-order valence-electron chi connectivity index (χ1n) is 19.5. The van der Waals surface area contributed by atoms with Crippen LogP contribution in [0.2, 0.25) is 0 Å². The predicted molar refractivity (Wildman–Crippen MR) is 234 cm³/mol. The highest BCUT2D eigenvalue weighted by Gasteiger charge is 2.51. The van der Waals surface area contributed by atoms with Gasteiger partial charge < -0.3 is 9.47 Å². The molecule has 0 aliphatic heterocycles. The van der Waals surface area contributed by atoms with E-state index >= 15 is 0 Å². The van der Waals surface area contributed by atoms with Crippen LogP contribution in [-0.4, -0.2) is 4.57 Å². The van der Waals surface area contributed by atoms with E-state index in [9.17, 15) is 5.26 Å². The van der Waals surface area contributed by atoms with E-state index in [-0.39, 0.29) is 10.8 Å². The number of benzene rings is 7. The van der Waals surface area contributed by atoms with Gasteiger partial charge in [-0.25, -0.2) is 0 Å². The fourth-order valence-electron chi connectivity index (χ4n) is 9.28. The number of allylic oxidation sites excluding steroid dienone is 4. The summed E-state index contributed by atoms with van der Waals surface area (Å²) in [5.74, 6) is 0. The molecular weight excluding hydrogens is 679 g/mol. The normalized spacial score (nSPS) is 16.6. The summed E-state index contributed by atoms with van der Waals surface area (Å²) in [4.78, 5) is 2.31. The molecule has 0 fully saturated rings. The Morgan fingerprint density at radius 3 is 1.75 bits per heavy atom. The largest absolute Gasteiger partial charge is 0.310 e. The van der Waals surface area contributed by atoms with Crippen molar-refractivity contribution in [2.24, 2.45) is 5.41 Å². The van der Waals surface area contributed by atoms with E-state index < -0.39 is 0 Å². The zero-order valence-corrected chi connectivity index (χ0v) is 31.9. The van der Waals surface area contributed by atoms with Crippen molar-refractivity contribution >= 4 is 44.4 Å². The van der Waals surface area contributed by atoms with Crippen LogP contribution in [-0.2, 0) is 5.41 Å². The lowest BCUT2D eigenvalue weighted by Gasteiger charge is -2.40. The smallest absolute Gasteiger partial charge is 0.0991 e. The van der Waals surface area contributed by atoms with Crippen LogP contribution in [0.4, 0.5) is 17.1 Å². The molecule has 2 aliphatic carbocycles. The first-order valence-corrected chi connectivity index (χ1v) is 19.5. The highest BCUT2D eigenvalue weighted by atomic mass is 15.1. The number of nitrogens with zero attached hydrogens (tertiary/aromatic N) is 3. The van der Waals surface area contributed by atoms with Crippen molar-refractivity contribution in [3.05, 3.63) is 199 Å². The van der Waals surface area contributed by atoms with Gasteiger partial charge >= 0.3 is 0 Å². The summed E-state index contributed by atoms with van der Waals surface area (Å²) in [7, 11) is 0. The minimum atomic E-state index is 0.00991. The third kappa shape index (κ3) is 5.18. The Labute approximate surface area is 328 Å². The summed E-state index contributed by atoms with van der Waals surface area (Å²) in [6.45, 7) is 7.20. The fourth-order valence-corrected chi connectivity index (χ4v) is 9.28. The van der Waals surface area contributed by atoms with Gasteiger partial charge in [-0.2, -0.15) is 5.26 Å². The predicted octanol–water partition coefficient (Wildman–Crippen LogP) is 14.1. The number of nitriles is 1. The SMILES string of the molecule is CC12CC=CC=C1c1cc(N(c3ccc(C#N)cc3)c3ccc(-c4ccc5c(c4)c4cc(-c6ccccc6)ccc4n5-c4ccccc4)cc3)ccc1C2(C)C. The number of hydrogen-bond donors (Lipinski definition) is 0. The van der Waals surface area contributed by atoms with Crippen molar-refractivity contribution in [3.8, 4) is 34.0 Å². The van der Waals surface area contributed by atoms with Crippen LogP contribution in [0.25, 0.3) is 55.3 Å². The van der Waals surface area contributed by atoms with E-state index in [4.69, 9.17) is 0 Å². The Hall–Kier alpha value is -6.89. The van der Waals surface area contributed by atoms with Gasteiger partial charge in [0.05, 0.1) is 22.7 Å². The summed E-state index contributed by atoms with van der Waals surface area (Å²) < 4.78 is 2.38. The summed E-state index contributed by atoms with van der Waals surface area (Å²) in [6, 6.07) is 61.1. The highest BCUT2D eigenvalue weighted by molar-refractivity contribution is 6.11. The molecule has 7 aromatic carbocycles. The quantitative estimate of drug-likeness (QED) is 0.171. The molecule has 268 valence electrons. The van der Waals surface area contributed by atoms with Crippen molar-refractivity contribution in [1.29, 1.82) is 5.26 Å². The molecule has 0 saturated carbocycles. The van der Waals surface area contributed by atoms with E-state index in [0.29, 0.717) is 5.56 Å². The molecule has 0 bridgehead atoms. The van der Waals surface area contributed by atoms with Crippen molar-refractivity contribution < 1.29 is 0 Å². The molecule has 2 aliphatic rings. The first-order chi connectivity index (χ1) is 27.3. The maximum absolute atomic E-state index is 9.60. The lowest BCUT2D eigenvalue weighted by Crippen LogP contribution is -2.34. The minimum absolute atomic E-state index is 0.00991. The van der Waals surface area contributed by atoms with Gasteiger partial charge in [-0.1, -0.05) is 118 Å². The summed E-state index contributed by atoms with van der Waals surface area (Å²) in [6.07, 6.45) is 7.87. The third-order valence-electron chi connectivity index (χ3n) is 12.7. The molecule has 8 aromatic rings. The molecule has 1 heterocycles. The maximum Gasteiger partial charge on any atom is 0.0991 e. The van der Waals surface area contributed by atoms with Crippen LogP contribution < -0.4 is 4.90 Å². The van der Waals surface area contributed by atoms with Gasteiger partial charge in [-0.05, 0) is 136 Å². The molecule has 0 amide bonds. The summed E-state index contributed by atoms with van der Waals surface area (Å²) >= 11 is 0. The van der Waals surface area contributed by atoms with Crippen LogP contribution in [0.5, 0.6) is 0 Å². The molecule has 56 heavy (non-hydrogen) atoms. The number of fused-ring (bicyclic) bond motifs is 6. The van der Waals surface area contributed by atoms with Gasteiger partial charge in [0.2, 0.25) is 0 Å². The minimum Gasteiger partial charge on any atom is -0.310 e. The van der Waals surface area contributed by atoms with Gasteiger partial charge in [-0.15, -0.1) is 0 Å². The fraction of sp³-hybridized carbons (Fsp3) is 0.113. The molecular formula is C53H41N3. The Morgan fingerprint density at radius 2 is 1.12 bits per heavy atom. The summed E-state index contributed by atoms with van der Waals surface area (Å²) in [5.41, 5.74) is 16.3. The van der Waals surface area contributed by atoms with Crippen LogP contribution in [0.15, 0.2) is 182 Å². The number of anilines is 3. The van der Waals surface area contributed by atoms with Gasteiger partial charge in [-0.3, -0.25) is 0 Å². The van der Waals surface area contributed by atoms with E-state index in [1.54, 1.807) is 0 Å². The van der Waals surface area contributed by atoms with Crippen LogP contribution in [0.3, 0.4) is 0 Å². The summed E-state index contributed by atoms with van der Waals surface area (Å²) in [5, 5.41) is 12.1. The van der Waals surface area contributed by atoms with Crippen molar-refractivity contribution in [1.82, 2.24) is 4.57 Å². The average molecular weight is 720 g/mol. The zero-order valence-electron chi connectivity index (χ0n) is 31.9. The molecule has 3 heteroatoms. The van der Waals surface area contributed by atoms with Crippen molar-refractivity contribution in [2.45, 2.75) is 32.6 Å². The van der Waals surface area contributed by atoms with E-state index in [2.05, 4.69) is 206 Å².